The van der Waals surface area contributed by atoms with Crippen molar-refractivity contribution >= 4 is 52.6 Å². The number of hydrogen-bond donors (Lipinski definition) is 3. The second kappa shape index (κ2) is 26.1. The second-order valence-electron chi connectivity index (χ2n) is 28.2. The number of benzene rings is 2. The Morgan fingerprint density at radius 2 is 1.00 bits per heavy atom. The molecule has 2 heterocycles. The van der Waals surface area contributed by atoms with E-state index in [4.69, 9.17) is 19.5 Å². The number of amides is 2. The van der Waals surface area contributed by atoms with Crippen LogP contribution in [0.4, 0.5) is 11.6 Å². The van der Waals surface area contributed by atoms with Crippen LogP contribution >= 0.6 is 0 Å². The maximum atomic E-state index is 15.8. The minimum Gasteiger partial charge on any atom is -0.458 e. The van der Waals surface area contributed by atoms with Gasteiger partial charge in [-0.2, -0.15) is 0 Å². The molecule has 3 aliphatic rings. The number of anilines is 1. The maximum absolute atomic E-state index is 15.8. The fourth-order valence-corrected chi connectivity index (χ4v) is 13.0. The number of hydrogen-bond acceptors (Lipinski definition) is 7. The summed E-state index contributed by atoms with van der Waals surface area (Å²) in [5, 5.41) is 6.38. The van der Waals surface area contributed by atoms with Gasteiger partial charge < -0.3 is 25.1 Å². The van der Waals surface area contributed by atoms with Crippen LogP contribution < -0.4 is 10.6 Å². The van der Waals surface area contributed by atoms with E-state index in [1.807, 2.05) is 74.5 Å². The lowest BCUT2D eigenvalue weighted by molar-refractivity contribution is -0.164. The number of rotatable bonds is 18. The first-order valence-electron chi connectivity index (χ1n) is 30.4. The lowest BCUT2D eigenvalue weighted by Gasteiger charge is -2.50. The third kappa shape index (κ3) is 15.2. The summed E-state index contributed by atoms with van der Waals surface area (Å²) in [5.41, 5.74) is 1.68. The van der Waals surface area contributed by atoms with E-state index in [2.05, 4.69) is 126 Å². The van der Waals surface area contributed by atoms with Crippen LogP contribution in [0.3, 0.4) is 0 Å². The Morgan fingerprint density at radius 3 is 1.41 bits per heavy atom. The lowest BCUT2D eigenvalue weighted by Crippen LogP contribution is -2.50. The van der Waals surface area contributed by atoms with Crippen molar-refractivity contribution in [3.05, 3.63) is 77.4 Å². The molecule has 11 heteroatoms. The topological polar surface area (TPSA) is 151 Å². The molecule has 2 saturated carbocycles. The molecule has 2 aromatic carbocycles. The molecule has 3 aromatic rings. The number of aromatic amines is 1. The molecule has 0 radical (unpaired) electrons. The van der Waals surface area contributed by atoms with Crippen molar-refractivity contribution in [2.75, 3.05) is 5.32 Å². The van der Waals surface area contributed by atoms with E-state index in [-0.39, 0.29) is 103 Å². The zero-order valence-electron chi connectivity index (χ0n) is 51.9. The number of nitrogens with one attached hydrogen (secondary N) is 3. The highest BCUT2D eigenvalue weighted by atomic mass is 16.5. The van der Waals surface area contributed by atoms with Crippen molar-refractivity contribution in [3.8, 4) is 11.1 Å². The van der Waals surface area contributed by atoms with Crippen LogP contribution in [0.1, 0.15) is 218 Å². The van der Waals surface area contributed by atoms with E-state index in [1.165, 1.54) is 0 Å². The summed E-state index contributed by atoms with van der Waals surface area (Å²) >= 11 is 0. The molecular formula is C68H101N5O6. The van der Waals surface area contributed by atoms with Gasteiger partial charge in [0, 0.05) is 46.6 Å². The van der Waals surface area contributed by atoms with E-state index in [0.29, 0.717) is 59.8 Å². The zero-order chi connectivity index (χ0) is 58.4. The Hall–Kier alpha value is -5.32. The number of carbonyl (C=O) groups is 4. The molecule has 2 fully saturated rings. The van der Waals surface area contributed by atoms with Crippen molar-refractivity contribution in [2.45, 2.75) is 214 Å². The number of unbranched alkanes of at least 4 members (excludes halogenated alkanes) is 2. The number of amidine groups is 2. The maximum Gasteiger partial charge on any atom is 0.343 e. The average Bonchev–Trinajstić information content (AvgIpc) is 4.20. The molecule has 11 nitrogen and oxygen atoms in total. The van der Waals surface area contributed by atoms with Crippen LogP contribution in [0, 0.1) is 69.0 Å². The number of aromatic nitrogens is 1. The van der Waals surface area contributed by atoms with Gasteiger partial charge in [-0.1, -0.05) is 211 Å². The quantitative estimate of drug-likeness (QED) is 0.108. The molecule has 0 saturated heterocycles. The zero-order valence-corrected chi connectivity index (χ0v) is 51.9. The van der Waals surface area contributed by atoms with Crippen molar-refractivity contribution in [2.24, 2.45) is 79.0 Å². The molecule has 0 bridgehead atoms. The summed E-state index contributed by atoms with van der Waals surface area (Å²) in [6.07, 6.45) is 9.00. The molecule has 2 amide bonds. The highest BCUT2D eigenvalue weighted by Gasteiger charge is 2.51. The van der Waals surface area contributed by atoms with Crippen LogP contribution in [0.5, 0.6) is 0 Å². The van der Waals surface area contributed by atoms with Gasteiger partial charge in [-0.05, 0) is 96.0 Å². The predicted octanol–water partition coefficient (Wildman–Crippen LogP) is 17.0. The van der Waals surface area contributed by atoms with Gasteiger partial charge in [-0.3, -0.25) is 9.59 Å². The largest absolute Gasteiger partial charge is 0.458 e. The van der Waals surface area contributed by atoms with Crippen molar-refractivity contribution in [1.82, 2.24) is 10.3 Å². The molecule has 1 aromatic heterocycles. The van der Waals surface area contributed by atoms with Gasteiger partial charge in [0.2, 0.25) is 11.8 Å². The molecule has 6 atom stereocenters. The Morgan fingerprint density at radius 1 is 0.595 bits per heavy atom. The number of ether oxygens (including phenoxy) is 2. The predicted molar refractivity (Wildman–Crippen MR) is 325 cm³/mol. The molecule has 2 aliphatic carbocycles. The lowest BCUT2D eigenvalue weighted by atomic mass is 9.59. The van der Waals surface area contributed by atoms with E-state index in [9.17, 15) is 9.59 Å². The van der Waals surface area contributed by atoms with Gasteiger partial charge in [-0.15, -0.1) is 0 Å². The summed E-state index contributed by atoms with van der Waals surface area (Å²) < 4.78 is 14.0. The fraction of sp³-hybridized carbons (Fsp3) is 0.647. The Bertz CT molecular complexity index is 2620. The summed E-state index contributed by atoms with van der Waals surface area (Å²) in [6.45, 7) is 39.7. The fourth-order valence-electron chi connectivity index (χ4n) is 13.0. The first-order valence-corrected chi connectivity index (χ1v) is 30.4. The molecule has 6 unspecified atom stereocenters. The van der Waals surface area contributed by atoms with Gasteiger partial charge in [0.05, 0.1) is 0 Å². The van der Waals surface area contributed by atoms with E-state index < -0.39 is 24.1 Å². The van der Waals surface area contributed by atoms with Crippen LogP contribution in [-0.2, 0) is 23.9 Å². The van der Waals surface area contributed by atoms with E-state index in [0.717, 1.165) is 51.4 Å². The van der Waals surface area contributed by atoms with Gasteiger partial charge in [0.25, 0.3) is 0 Å². The normalized spacial score (nSPS) is 24.4. The second-order valence-corrected chi connectivity index (χ2v) is 28.2. The Labute approximate surface area is 476 Å². The SMILES string of the molecule is CCCCC(CC)C(=O)NC1=NC(=Nc2[nH]c(NC(=O)C(CC)CCCC)c(C(=O)OC3C(C(C)(C)C)CC(C)CC3C(C)(C)C)c2-c2ccccc2)C(c2ccccc2)=C1C(=O)OC1C(C(C)(C)C)CC(C)CC1C(C)(C)C. The third-order valence-electron chi connectivity index (χ3n) is 17.8. The minimum absolute atomic E-state index is 0.0519. The summed E-state index contributed by atoms with van der Waals surface area (Å²) in [7, 11) is 0. The van der Waals surface area contributed by atoms with E-state index in [1.54, 1.807) is 0 Å². The van der Waals surface area contributed by atoms with Crippen LogP contribution in [0.2, 0.25) is 0 Å². The van der Waals surface area contributed by atoms with Gasteiger partial charge in [0.15, 0.2) is 11.7 Å². The number of H-pyrrole nitrogens is 1. The van der Waals surface area contributed by atoms with Gasteiger partial charge in [-0.25, -0.2) is 19.6 Å². The number of carbonyl (C=O) groups excluding carboxylic acids is 4. The summed E-state index contributed by atoms with van der Waals surface area (Å²) in [4.78, 5) is 74.8. The van der Waals surface area contributed by atoms with Gasteiger partial charge >= 0.3 is 11.9 Å². The van der Waals surface area contributed by atoms with Crippen molar-refractivity contribution < 1.29 is 28.7 Å². The van der Waals surface area contributed by atoms with Gasteiger partial charge in [0.1, 0.15) is 35.0 Å². The Kier molecular flexibility index (Phi) is 20.7. The molecule has 434 valence electrons. The smallest absolute Gasteiger partial charge is 0.343 e. The average molecular weight is 1080 g/mol. The van der Waals surface area contributed by atoms with Crippen LogP contribution in [0.25, 0.3) is 16.7 Å². The Balaban J connectivity index is 1.66. The molecule has 0 spiro atoms. The summed E-state index contributed by atoms with van der Waals surface area (Å²) in [5.74, 6) is -0.493. The van der Waals surface area contributed by atoms with E-state index >= 15 is 9.59 Å². The monoisotopic (exact) mass is 1080 g/mol. The molecule has 1 aliphatic heterocycles. The highest BCUT2D eigenvalue weighted by Crippen LogP contribution is 2.52. The summed E-state index contributed by atoms with van der Waals surface area (Å²) in [6, 6.07) is 19.1. The first-order chi connectivity index (χ1) is 37.0. The number of nitrogens with zero attached hydrogens (tertiary/aromatic N) is 2. The van der Waals surface area contributed by atoms with Crippen LogP contribution in [-0.4, -0.2) is 52.6 Å². The molecule has 6 rings (SSSR count). The number of esters is 2. The molecule has 79 heavy (non-hydrogen) atoms. The first kappa shape index (κ1) is 62.9. The van der Waals surface area contributed by atoms with Crippen molar-refractivity contribution in [3.63, 3.8) is 0 Å². The molecular weight excluding hydrogens is 983 g/mol. The highest BCUT2D eigenvalue weighted by molar-refractivity contribution is 6.45. The standard InChI is InChI=1S/C68H101N5O6/c1-19-23-31-43(21-3)61(74)72-59-53(63(76)78-55-47(65(7,8)9)37-41(5)38-48(55)66(10,11)12)51(45-33-27-25-28-34-45)57(70-59)69-58-52(46-35-29-26-30-36-46)54(60(71-58)73-62(75)44(22-4)32-24-20-2)64(77)79-56-49(67(13,14)15)39-42(6)40-50(56)68(16,17)18/h25-30,33-36,41-44,47-50,55-56,70H,19-24,31-32,37-40H2,1-18H3,(H,72,74)(H,69,71,73,75). The molecule has 3 N–H and O–H groups in total. The third-order valence-corrected chi connectivity index (χ3v) is 17.8. The number of aliphatic imine (C=N–C) groups is 2. The van der Waals surface area contributed by atoms with Crippen molar-refractivity contribution in [1.29, 1.82) is 0 Å². The van der Waals surface area contributed by atoms with Crippen LogP contribution in [0.15, 0.2) is 76.2 Å². The minimum atomic E-state index is -0.582.